The Bertz CT molecular complexity index is 809. The molecule has 0 fully saturated rings. The molecule has 0 saturated heterocycles. The van der Waals surface area contributed by atoms with Gasteiger partial charge in [-0.05, 0) is 30.2 Å². The molecule has 3 aromatic rings. The molecule has 0 aliphatic rings. The maximum atomic E-state index is 11.8. The molecule has 0 spiro atoms. The molecule has 0 atom stereocenters. The van der Waals surface area contributed by atoms with E-state index >= 15 is 0 Å². The number of benzene rings is 1. The van der Waals surface area contributed by atoms with Gasteiger partial charge in [-0.2, -0.15) is 0 Å². The maximum absolute atomic E-state index is 11.8. The SMILES string of the molecule is COC(=O)c1ccc2c(c1)c(Cn1ccnc1)cn2CCCCl. The average molecular weight is 332 g/mol. The highest BCUT2D eigenvalue weighted by Crippen LogP contribution is 2.24. The number of ether oxygens (including phenoxy) is 1. The first-order valence-electron chi connectivity index (χ1n) is 7.44. The van der Waals surface area contributed by atoms with Crippen LogP contribution in [0.5, 0.6) is 0 Å². The maximum Gasteiger partial charge on any atom is 0.337 e. The van der Waals surface area contributed by atoms with Gasteiger partial charge in [0.25, 0.3) is 0 Å². The molecule has 0 saturated carbocycles. The van der Waals surface area contributed by atoms with Crippen LogP contribution in [-0.2, 0) is 17.8 Å². The first-order chi connectivity index (χ1) is 11.2. The molecule has 0 aliphatic heterocycles. The Kier molecular flexibility index (Phi) is 4.67. The van der Waals surface area contributed by atoms with Crippen LogP contribution in [0.4, 0.5) is 0 Å². The molecule has 1 aromatic carbocycles. The first kappa shape index (κ1) is 15.6. The monoisotopic (exact) mass is 331 g/mol. The number of carbonyl (C=O) groups is 1. The summed E-state index contributed by atoms with van der Waals surface area (Å²) in [5.41, 5.74) is 2.79. The van der Waals surface area contributed by atoms with Crippen LogP contribution < -0.4 is 0 Å². The van der Waals surface area contributed by atoms with Crippen molar-refractivity contribution in [3.05, 3.63) is 54.2 Å². The van der Waals surface area contributed by atoms with E-state index in [1.807, 2.05) is 22.9 Å². The summed E-state index contributed by atoms with van der Waals surface area (Å²) in [4.78, 5) is 15.9. The molecule has 0 N–H and O–H groups in total. The average Bonchev–Trinajstić information content (AvgIpc) is 3.20. The number of hydrogen-bond donors (Lipinski definition) is 0. The van der Waals surface area contributed by atoms with E-state index in [9.17, 15) is 4.79 Å². The zero-order valence-corrected chi connectivity index (χ0v) is 13.7. The van der Waals surface area contributed by atoms with Crippen molar-refractivity contribution < 1.29 is 9.53 Å². The molecule has 120 valence electrons. The fraction of sp³-hybridized carbons (Fsp3) is 0.294. The summed E-state index contributed by atoms with van der Waals surface area (Å²) in [6.45, 7) is 1.55. The van der Waals surface area contributed by atoms with Crippen molar-refractivity contribution in [2.45, 2.75) is 19.5 Å². The van der Waals surface area contributed by atoms with Gasteiger partial charge >= 0.3 is 5.97 Å². The molecule has 3 rings (SSSR count). The summed E-state index contributed by atoms with van der Waals surface area (Å²) < 4.78 is 9.02. The minimum absolute atomic E-state index is 0.325. The normalized spacial score (nSPS) is 11.0. The lowest BCUT2D eigenvalue weighted by atomic mass is 10.1. The van der Waals surface area contributed by atoms with E-state index in [0.717, 1.165) is 29.4 Å². The Morgan fingerprint density at radius 3 is 2.96 bits per heavy atom. The summed E-state index contributed by atoms with van der Waals surface area (Å²) in [5.74, 6) is 0.297. The third-order valence-corrected chi connectivity index (χ3v) is 4.10. The van der Waals surface area contributed by atoms with E-state index in [2.05, 4.69) is 15.7 Å². The molecule has 0 aliphatic carbocycles. The van der Waals surface area contributed by atoms with Gasteiger partial charge in [0.15, 0.2) is 0 Å². The predicted octanol–water partition coefficient (Wildman–Crippen LogP) is 3.30. The van der Waals surface area contributed by atoms with Gasteiger partial charge in [-0.15, -0.1) is 11.6 Å². The van der Waals surface area contributed by atoms with E-state index in [1.54, 1.807) is 18.6 Å². The molecule has 0 radical (unpaired) electrons. The molecule has 6 heteroatoms. The van der Waals surface area contributed by atoms with Crippen LogP contribution in [0.2, 0.25) is 0 Å². The minimum Gasteiger partial charge on any atom is -0.465 e. The van der Waals surface area contributed by atoms with Gasteiger partial charge in [0, 0.05) is 41.9 Å². The standard InChI is InChI=1S/C17H18ClN3O2/c1-23-17(22)13-3-4-16-15(9-13)14(10-20-8-6-19-12-20)11-21(16)7-2-5-18/h3-4,6,8-9,11-12H,2,5,7,10H2,1H3. The van der Waals surface area contributed by atoms with Crippen molar-refractivity contribution in [1.82, 2.24) is 14.1 Å². The van der Waals surface area contributed by atoms with Gasteiger partial charge in [0.05, 0.1) is 25.5 Å². The molecule has 2 aromatic heterocycles. The fourth-order valence-corrected chi connectivity index (χ4v) is 2.85. The molecule has 5 nitrogen and oxygen atoms in total. The van der Waals surface area contributed by atoms with Gasteiger partial charge in [0.1, 0.15) is 0 Å². The third kappa shape index (κ3) is 3.24. The molecule has 0 amide bonds. The topological polar surface area (TPSA) is 49.1 Å². The highest BCUT2D eigenvalue weighted by molar-refractivity contribution is 6.17. The molecule has 2 heterocycles. The largest absolute Gasteiger partial charge is 0.465 e. The molecule has 0 bridgehead atoms. The van der Waals surface area contributed by atoms with E-state index in [-0.39, 0.29) is 5.97 Å². The molecule has 23 heavy (non-hydrogen) atoms. The van der Waals surface area contributed by atoms with E-state index in [0.29, 0.717) is 18.0 Å². The van der Waals surface area contributed by atoms with Crippen molar-refractivity contribution in [1.29, 1.82) is 0 Å². The van der Waals surface area contributed by atoms with Gasteiger partial charge < -0.3 is 13.9 Å². The lowest BCUT2D eigenvalue weighted by Crippen LogP contribution is -2.01. The number of nitrogens with zero attached hydrogens (tertiary/aromatic N) is 3. The summed E-state index contributed by atoms with van der Waals surface area (Å²) in [5, 5.41) is 1.05. The smallest absolute Gasteiger partial charge is 0.337 e. The zero-order valence-electron chi connectivity index (χ0n) is 12.9. The van der Waals surface area contributed by atoms with Gasteiger partial charge in [0.2, 0.25) is 0 Å². The lowest BCUT2D eigenvalue weighted by Gasteiger charge is -2.04. The first-order valence-corrected chi connectivity index (χ1v) is 7.98. The number of aromatic nitrogens is 3. The van der Waals surface area contributed by atoms with Crippen LogP contribution in [0.25, 0.3) is 10.9 Å². The predicted molar refractivity (Wildman–Crippen MR) is 89.9 cm³/mol. The van der Waals surface area contributed by atoms with E-state index in [1.165, 1.54) is 7.11 Å². The molecule has 0 unspecified atom stereocenters. The van der Waals surface area contributed by atoms with Gasteiger partial charge in [-0.3, -0.25) is 0 Å². The van der Waals surface area contributed by atoms with E-state index < -0.39 is 0 Å². The minimum atomic E-state index is -0.325. The van der Waals surface area contributed by atoms with Crippen LogP contribution in [0, 0.1) is 0 Å². The number of alkyl halides is 1. The van der Waals surface area contributed by atoms with Gasteiger partial charge in [-0.25, -0.2) is 9.78 Å². The third-order valence-electron chi connectivity index (χ3n) is 3.83. The summed E-state index contributed by atoms with van der Waals surface area (Å²) in [6, 6.07) is 5.66. The summed E-state index contributed by atoms with van der Waals surface area (Å²) >= 11 is 5.82. The van der Waals surface area contributed by atoms with Crippen LogP contribution in [-0.4, -0.2) is 33.1 Å². The van der Waals surface area contributed by atoms with Crippen molar-refractivity contribution >= 4 is 28.5 Å². The van der Waals surface area contributed by atoms with E-state index in [4.69, 9.17) is 16.3 Å². The number of esters is 1. The number of methoxy groups -OCH3 is 1. The van der Waals surface area contributed by atoms with Crippen LogP contribution in [0.1, 0.15) is 22.3 Å². The van der Waals surface area contributed by atoms with Crippen LogP contribution in [0.15, 0.2) is 43.1 Å². The number of carbonyl (C=O) groups excluding carboxylic acids is 1. The number of hydrogen-bond acceptors (Lipinski definition) is 3. The lowest BCUT2D eigenvalue weighted by molar-refractivity contribution is 0.0601. The number of rotatable bonds is 6. The molecular formula is C17H18ClN3O2. The van der Waals surface area contributed by atoms with Crippen molar-refractivity contribution in [2.24, 2.45) is 0 Å². The van der Waals surface area contributed by atoms with Crippen molar-refractivity contribution in [3.63, 3.8) is 0 Å². The summed E-state index contributed by atoms with van der Waals surface area (Å²) in [6.07, 6.45) is 8.48. The number of fused-ring (bicyclic) bond motifs is 1. The van der Waals surface area contributed by atoms with Crippen LogP contribution >= 0.6 is 11.6 Å². The number of aryl methyl sites for hydroxylation is 1. The second-order valence-electron chi connectivity index (χ2n) is 5.35. The second-order valence-corrected chi connectivity index (χ2v) is 5.73. The number of imidazole rings is 1. The fourth-order valence-electron chi connectivity index (χ4n) is 2.73. The molecular weight excluding hydrogens is 314 g/mol. The second kappa shape index (κ2) is 6.87. The number of halogens is 1. The Balaban J connectivity index is 2.06. The Hall–Kier alpha value is -2.27. The quantitative estimate of drug-likeness (QED) is 0.514. The Morgan fingerprint density at radius 2 is 2.26 bits per heavy atom. The van der Waals surface area contributed by atoms with Gasteiger partial charge in [-0.1, -0.05) is 0 Å². The zero-order chi connectivity index (χ0) is 16.2. The summed E-state index contributed by atoms with van der Waals surface area (Å²) in [7, 11) is 1.39. The van der Waals surface area contributed by atoms with Crippen LogP contribution in [0.3, 0.4) is 0 Å². The van der Waals surface area contributed by atoms with Crippen molar-refractivity contribution in [3.8, 4) is 0 Å². The highest BCUT2D eigenvalue weighted by Gasteiger charge is 2.13. The Labute approximate surface area is 139 Å². The van der Waals surface area contributed by atoms with Crippen molar-refractivity contribution in [2.75, 3.05) is 13.0 Å². The Morgan fingerprint density at radius 1 is 1.39 bits per heavy atom. The highest BCUT2D eigenvalue weighted by atomic mass is 35.5.